The number of carbonyl (C=O) groups excluding carboxylic acids is 1. The number of esters is 1. The van der Waals surface area contributed by atoms with Crippen LogP contribution in [0.1, 0.15) is 16.1 Å². The monoisotopic (exact) mass is 385 g/mol. The highest BCUT2D eigenvalue weighted by Crippen LogP contribution is 2.31. The average molecular weight is 386 g/mol. The number of ether oxygens (including phenoxy) is 1. The van der Waals surface area contributed by atoms with Crippen LogP contribution in [0.3, 0.4) is 0 Å². The molecule has 3 aromatic rings. The van der Waals surface area contributed by atoms with Gasteiger partial charge in [-0.15, -0.1) is 0 Å². The summed E-state index contributed by atoms with van der Waals surface area (Å²) in [7, 11) is 1.26. The van der Waals surface area contributed by atoms with Crippen LogP contribution in [-0.4, -0.2) is 17.6 Å². The summed E-state index contributed by atoms with van der Waals surface area (Å²) in [6.07, 6.45) is 1.51. The molecule has 0 bridgehead atoms. The van der Waals surface area contributed by atoms with Gasteiger partial charge in [0.1, 0.15) is 6.07 Å². The number of nitriles is 1. The molecule has 0 spiro atoms. The number of nitrogen functional groups attached to an aromatic ring is 1. The van der Waals surface area contributed by atoms with E-state index in [2.05, 4.69) is 0 Å². The molecule has 130 valence electrons. The molecule has 1 heterocycles. The fourth-order valence-corrected chi connectivity index (χ4v) is 2.93. The van der Waals surface area contributed by atoms with Gasteiger partial charge in [0.15, 0.2) is 5.69 Å². The van der Waals surface area contributed by atoms with Crippen molar-refractivity contribution in [3.8, 4) is 22.9 Å². The zero-order chi connectivity index (χ0) is 18.8. The maximum Gasteiger partial charge on any atom is 0.357 e. The number of halogens is 2. The molecule has 0 fully saturated rings. The molecule has 26 heavy (non-hydrogen) atoms. The SMILES string of the molecule is COC(=O)c1c(N)c(C#N)cn1-c1cccc(-c2ccc(Cl)c(Cl)c2)c1. The molecule has 0 aliphatic carbocycles. The van der Waals surface area contributed by atoms with E-state index in [1.165, 1.54) is 13.3 Å². The number of nitrogens with two attached hydrogens (primary N) is 1. The summed E-state index contributed by atoms with van der Waals surface area (Å²) in [5, 5.41) is 10.1. The first kappa shape index (κ1) is 17.9. The van der Waals surface area contributed by atoms with Crippen molar-refractivity contribution in [3.05, 3.63) is 70.0 Å². The van der Waals surface area contributed by atoms with E-state index in [4.69, 9.17) is 33.7 Å². The summed E-state index contributed by atoms with van der Waals surface area (Å²) in [5.74, 6) is -0.621. The standard InChI is InChI=1S/C19H13Cl2N3O2/c1-26-19(25)18-17(23)13(9-22)10-24(18)14-4-2-3-11(7-14)12-5-6-15(20)16(21)8-12/h2-8,10H,23H2,1H3. The van der Waals surface area contributed by atoms with Crippen molar-refractivity contribution in [1.29, 1.82) is 5.26 Å². The molecule has 2 aromatic carbocycles. The van der Waals surface area contributed by atoms with Gasteiger partial charge in [0, 0.05) is 11.9 Å². The fraction of sp³-hybridized carbons (Fsp3) is 0.0526. The van der Waals surface area contributed by atoms with E-state index in [0.29, 0.717) is 15.7 Å². The quantitative estimate of drug-likeness (QED) is 0.662. The molecule has 0 amide bonds. The predicted octanol–water partition coefficient (Wildman–Crippen LogP) is 4.69. The smallest absolute Gasteiger partial charge is 0.357 e. The number of benzene rings is 2. The van der Waals surface area contributed by atoms with Gasteiger partial charge in [-0.25, -0.2) is 4.79 Å². The third kappa shape index (κ3) is 3.13. The summed E-state index contributed by atoms with van der Waals surface area (Å²) in [5.41, 5.74) is 8.71. The molecule has 0 aliphatic heterocycles. The lowest BCUT2D eigenvalue weighted by molar-refractivity contribution is 0.0593. The van der Waals surface area contributed by atoms with Crippen LogP contribution in [0.25, 0.3) is 16.8 Å². The number of hydrogen-bond acceptors (Lipinski definition) is 4. The Balaban J connectivity index is 2.16. The van der Waals surface area contributed by atoms with Gasteiger partial charge in [-0.05, 0) is 35.4 Å². The number of aromatic nitrogens is 1. The summed E-state index contributed by atoms with van der Waals surface area (Å²) >= 11 is 12.1. The minimum atomic E-state index is -0.621. The Morgan fingerprint density at radius 1 is 1.15 bits per heavy atom. The molecule has 0 unspecified atom stereocenters. The van der Waals surface area contributed by atoms with Crippen molar-refractivity contribution < 1.29 is 9.53 Å². The molecular weight excluding hydrogens is 373 g/mol. The molecule has 3 rings (SSSR count). The third-order valence-corrected chi connectivity index (χ3v) is 4.66. The van der Waals surface area contributed by atoms with Gasteiger partial charge in [-0.1, -0.05) is 41.4 Å². The van der Waals surface area contributed by atoms with Crippen molar-refractivity contribution in [3.63, 3.8) is 0 Å². The largest absolute Gasteiger partial charge is 0.464 e. The second kappa shape index (κ2) is 7.12. The third-order valence-electron chi connectivity index (χ3n) is 3.92. The topological polar surface area (TPSA) is 81.0 Å². The van der Waals surface area contributed by atoms with E-state index >= 15 is 0 Å². The van der Waals surface area contributed by atoms with E-state index in [1.54, 1.807) is 22.8 Å². The maximum absolute atomic E-state index is 12.1. The van der Waals surface area contributed by atoms with Gasteiger partial charge in [0.05, 0.1) is 28.4 Å². The summed E-state index contributed by atoms with van der Waals surface area (Å²) in [6.45, 7) is 0. The Morgan fingerprint density at radius 3 is 2.54 bits per heavy atom. The van der Waals surface area contributed by atoms with E-state index in [-0.39, 0.29) is 16.9 Å². The molecule has 5 nitrogen and oxygen atoms in total. The number of carbonyl (C=O) groups is 1. The Labute approximate surface area is 160 Å². The van der Waals surface area contributed by atoms with Crippen LogP contribution in [-0.2, 0) is 4.74 Å². The number of rotatable bonds is 3. The molecule has 0 atom stereocenters. The molecule has 0 aliphatic rings. The second-order valence-electron chi connectivity index (χ2n) is 5.46. The van der Waals surface area contributed by atoms with Gasteiger partial charge in [0.25, 0.3) is 0 Å². The zero-order valence-corrected chi connectivity index (χ0v) is 15.2. The summed E-state index contributed by atoms with van der Waals surface area (Å²) in [4.78, 5) is 12.1. The minimum absolute atomic E-state index is 0.0827. The van der Waals surface area contributed by atoms with E-state index in [0.717, 1.165) is 11.1 Å². The van der Waals surface area contributed by atoms with Crippen molar-refractivity contribution in [1.82, 2.24) is 4.57 Å². The van der Waals surface area contributed by atoms with Crippen LogP contribution < -0.4 is 5.73 Å². The summed E-state index contributed by atoms with van der Waals surface area (Å²) < 4.78 is 6.34. The number of methoxy groups -OCH3 is 1. The van der Waals surface area contributed by atoms with Gasteiger partial charge in [-0.3, -0.25) is 0 Å². The van der Waals surface area contributed by atoms with Crippen LogP contribution >= 0.6 is 23.2 Å². The van der Waals surface area contributed by atoms with Crippen molar-refractivity contribution in [2.24, 2.45) is 0 Å². The molecule has 7 heteroatoms. The predicted molar refractivity (Wildman–Crippen MR) is 102 cm³/mol. The van der Waals surface area contributed by atoms with Crippen molar-refractivity contribution in [2.45, 2.75) is 0 Å². The Bertz CT molecular complexity index is 1050. The molecule has 2 N–H and O–H groups in total. The molecule has 0 radical (unpaired) electrons. The highest BCUT2D eigenvalue weighted by atomic mass is 35.5. The van der Waals surface area contributed by atoms with Gasteiger partial charge in [-0.2, -0.15) is 5.26 Å². The first-order valence-corrected chi connectivity index (χ1v) is 8.27. The van der Waals surface area contributed by atoms with Gasteiger partial charge >= 0.3 is 5.97 Å². The normalized spacial score (nSPS) is 10.4. The van der Waals surface area contributed by atoms with Gasteiger partial charge < -0.3 is 15.0 Å². The van der Waals surface area contributed by atoms with Crippen molar-refractivity contribution in [2.75, 3.05) is 12.8 Å². The lowest BCUT2D eigenvalue weighted by atomic mass is 10.1. The molecule has 0 saturated carbocycles. The second-order valence-corrected chi connectivity index (χ2v) is 6.27. The van der Waals surface area contributed by atoms with E-state index in [1.807, 2.05) is 30.3 Å². The fourth-order valence-electron chi connectivity index (χ4n) is 2.63. The Kier molecular flexibility index (Phi) is 4.90. The molecule has 0 saturated heterocycles. The van der Waals surface area contributed by atoms with Crippen LogP contribution in [0.2, 0.25) is 10.0 Å². The molecule has 1 aromatic heterocycles. The number of anilines is 1. The van der Waals surface area contributed by atoms with Crippen LogP contribution in [0.15, 0.2) is 48.7 Å². The number of hydrogen-bond donors (Lipinski definition) is 1. The van der Waals surface area contributed by atoms with E-state index < -0.39 is 5.97 Å². The number of nitrogens with zero attached hydrogens (tertiary/aromatic N) is 2. The lowest BCUT2D eigenvalue weighted by Crippen LogP contribution is -2.11. The van der Waals surface area contributed by atoms with Gasteiger partial charge in [0.2, 0.25) is 0 Å². The summed E-state index contributed by atoms with van der Waals surface area (Å²) in [6, 6.07) is 14.7. The zero-order valence-electron chi connectivity index (χ0n) is 13.7. The van der Waals surface area contributed by atoms with Crippen LogP contribution in [0.5, 0.6) is 0 Å². The highest BCUT2D eigenvalue weighted by Gasteiger charge is 2.21. The highest BCUT2D eigenvalue weighted by molar-refractivity contribution is 6.42. The first-order chi connectivity index (χ1) is 12.5. The maximum atomic E-state index is 12.1. The first-order valence-electron chi connectivity index (χ1n) is 7.51. The van der Waals surface area contributed by atoms with Crippen LogP contribution in [0, 0.1) is 11.3 Å². The Hall–Kier alpha value is -2.94. The molecular formula is C19H13Cl2N3O2. The Morgan fingerprint density at radius 2 is 1.88 bits per heavy atom. The van der Waals surface area contributed by atoms with Crippen molar-refractivity contribution >= 4 is 34.9 Å². The van der Waals surface area contributed by atoms with E-state index in [9.17, 15) is 10.1 Å². The van der Waals surface area contributed by atoms with Crippen LogP contribution in [0.4, 0.5) is 5.69 Å². The average Bonchev–Trinajstić information content (AvgIpc) is 3.00. The lowest BCUT2D eigenvalue weighted by Gasteiger charge is -2.11. The minimum Gasteiger partial charge on any atom is -0.464 e.